The van der Waals surface area contributed by atoms with E-state index in [2.05, 4.69) is 41.9 Å². The van der Waals surface area contributed by atoms with E-state index in [0.717, 1.165) is 37.4 Å². The third kappa shape index (κ3) is 17.8. The summed E-state index contributed by atoms with van der Waals surface area (Å²) in [5.74, 6) is -13.2. The average molecular weight is 1170 g/mol. The van der Waals surface area contributed by atoms with Gasteiger partial charge in [0.25, 0.3) is 11.8 Å². The summed E-state index contributed by atoms with van der Waals surface area (Å²) in [5, 5.41) is 53.6. The van der Waals surface area contributed by atoms with E-state index in [0.29, 0.717) is 21.3 Å². The molecule has 0 aromatic carbocycles. The van der Waals surface area contributed by atoms with Crippen molar-refractivity contribution in [2.45, 2.75) is 143 Å². The predicted molar refractivity (Wildman–Crippen MR) is 271 cm³/mol. The van der Waals surface area contributed by atoms with Crippen LogP contribution in [0.25, 0.3) is 0 Å². The highest BCUT2D eigenvalue weighted by Crippen LogP contribution is 2.44. The predicted octanol–water partition coefficient (Wildman–Crippen LogP) is -1.71. The molecule has 79 heavy (non-hydrogen) atoms. The zero-order valence-electron chi connectivity index (χ0n) is 43.2. The molecule has 3 fully saturated rings. The lowest BCUT2D eigenvalue weighted by atomic mass is 9.99. The van der Waals surface area contributed by atoms with Crippen LogP contribution in [-0.4, -0.2) is 196 Å². The number of aliphatic hydroxyl groups excluding tert-OH is 4. The number of hydrogen-bond donors (Lipinski definition) is 10. The number of rotatable bonds is 28. The second kappa shape index (κ2) is 28.6. The van der Waals surface area contributed by atoms with Crippen molar-refractivity contribution in [3.05, 3.63) is 45.5 Å². The average Bonchev–Trinajstić information content (AvgIpc) is 3.96. The number of aliphatic hydroxyl groups is 4. The molecule has 1 saturated carbocycles. The first kappa shape index (κ1) is 64.0. The fraction of sp³-hybridized carbons (Fsp3) is 0.674. The van der Waals surface area contributed by atoms with Gasteiger partial charge in [-0.2, -0.15) is 51.1 Å². The lowest BCUT2D eigenvalue weighted by Crippen LogP contribution is -2.53. The molecule has 5 amide bonds. The highest BCUT2D eigenvalue weighted by atomic mass is 32.2. The van der Waals surface area contributed by atoms with Gasteiger partial charge in [0, 0.05) is 59.4 Å². The molecule has 440 valence electrons. The monoisotopic (exact) mass is 1170 g/mol. The van der Waals surface area contributed by atoms with E-state index in [4.69, 9.17) is 18.9 Å². The number of amides is 5. The van der Waals surface area contributed by atoms with Gasteiger partial charge < -0.3 is 71.3 Å². The van der Waals surface area contributed by atoms with Crippen LogP contribution in [0, 0.1) is 0 Å². The topological polar surface area (TPSA) is 379 Å². The van der Waals surface area contributed by atoms with Crippen molar-refractivity contribution in [2.24, 2.45) is 0 Å². The number of carbonyl (C=O) groups is 7. The van der Waals surface area contributed by atoms with Crippen LogP contribution in [0.15, 0.2) is 34.1 Å². The molecule has 0 spiro atoms. The van der Waals surface area contributed by atoms with Crippen LogP contribution in [0.4, 0.5) is 29.2 Å². The molecule has 2 aromatic heterocycles. The van der Waals surface area contributed by atoms with Gasteiger partial charge in [0.15, 0.2) is 25.4 Å². The maximum atomic E-state index is 14.5. The van der Waals surface area contributed by atoms with Gasteiger partial charge in [-0.25, -0.2) is 9.59 Å². The van der Waals surface area contributed by atoms with Gasteiger partial charge in [-0.15, -0.1) is 0 Å². The van der Waals surface area contributed by atoms with Crippen molar-refractivity contribution in [3.63, 3.8) is 0 Å². The molecule has 2 aromatic rings. The second-order valence-corrected chi connectivity index (χ2v) is 21.8. The SMILES string of the molecule is CCCC(=O)NC(CSC1CCC1SCC(NC(C)(C)C)C(=O)NCCC(=O)OCC(=O)Nc1ccn([C@H]2O[C@@H](CO)[C@H](O)C2(F)F)c(=O)n1)C(=O)NCCC(=O)OCC(=O)Nc1ccn([C@H]2O[C@@H](CO)[C@H](O)C2(F)F)c(=O)n1. The Bertz CT molecular complexity index is 2620. The third-order valence-corrected chi connectivity index (χ3v) is 15.2. The highest BCUT2D eigenvalue weighted by molar-refractivity contribution is 8.04. The summed E-state index contributed by atoms with van der Waals surface area (Å²) in [6, 6.07) is 0.259. The summed E-state index contributed by atoms with van der Waals surface area (Å²) in [4.78, 5) is 121. The Morgan fingerprint density at radius 1 is 0.709 bits per heavy atom. The lowest BCUT2D eigenvalue weighted by molar-refractivity contribution is -0.147. The molecule has 5 rings (SSSR count). The first-order valence-electron chi connectivity index (χ1n) is 24.8. The number of aromatic nitrogens is 4. The fourth-order valence-corrected chi connectivity index (χ4v) is 10.9. The van der Waals surface area contributed by atoms with Crippen LogP contribution in [0.5, 0.6) is 0 Å². The summed E-state index contributed by atoms with van der Waals surface area (Å²) in [5.41, 5.74) is -3.07. The minimum atomic E-state index is -3.95. The van der Waals surface area contributed by atoms with E-state index in [1.165, 1.54) is 23.5 Å². The molecule has 4 unspecified atom stereocenters. The number of alkyl halides is 4. The number of ether oxygens (including phenoxy) is 4. The number of halogens is 4. The van der Waals surface area contributed by atoms with Gasteiger partial charge >= 0.3 is 35.2 Å². The van der Waals surface area contributed by atoms with Crippen LogP contribution in [0.3, 0.4) is 0 Å². The van der Waals surface area contributed by atoms with E-state index in [9.17, 15) is 81.1 Å². The Balaban J connectivity index is 1.01. The van der Waals surface area contributed by atoms with E-state index >= 15 is 0 Å². The minimum Gasteiger partial charge on any atom is -0.456 e. The van der Waals surface area contributed by atoms with E-state index in [1.54, 1.807) is 6.92 Å². The fourth-order valence-electron chi connectivity index (χ4n) is 7.82. The molecular weight excluding hydrogens is 1100 g/mol. The number of esters is 2. The number of nitrogens with one attached hydrogen (secondary N) is 6. The maximum absolute atomic E-state index is 14.5. The molecule has 1 aliphatic carbocycles. The molecule has 4 heterocycles. The molecular formula is C46H64F4N10O17S2. The molecule has 0 radical (unpaired) electrons. The first-order chi connectivity index (χ1) is 37.2. The van der Waals surface area contributed by atoms with Crippen molar-refractivity contribution in [2.75, 3.05) is 61.7 Å². The molecule has 0 bridgehead atoms. The zero-order chi connectivity index (χ0) is 58.4. The standard InChI is InChI=1S/C46H64F4N10O17S2/c1-5-6-31(63)53-23(38(70)51-13-9-34(66)74-19-32(64)54-29-11-15-59(42(72)56-29)40-45(47,48)36(68)25(17-61)76-40)21-78-27-7-8-28(27)79-22-24(58-44(2,3)4)39(71)52-14-10-35(67)75-20-33(65)55-30-12-16-60(43(73)57-30)41-46(49,50)37(69)26(18-62)77-41/h11-12,15-16,23-28,36-37,40-41,58,61-62,68-69H,5-10,13-14,17-22H2,1-4H3,(H,51,70)(H,52,71)(H,53,63)(H,54,56,64,72)(H,55,57,65,73)/t23?,24?,25-,26-,27?,28?,36-,37-,40-,41-/m0/s1. The van der Waals surface area contributed by atoms with Gasteiger partial charge in [-0.05, 0) is 52.2 Å². The second-order valence-electron chi connectivity index (χ2n) is 19.3. The molecule has 2 saturated heterocycles. The summed E-state index contributed by atoms with van der Waals surface area (Å²) in [6.45, 7) is 3.45. The van der Waals surface area contributed by atoms with Crippen molar-refractivity contribution >= 4 is 76.6 Å². The number of hydrogen-bond acceptors (Lipinski definition) is 22. The van der Waals surface area contributed by atoms with Gasteiger partial charge in [0.05, 0.1) is 32.1 Å². The number of anilines is 2. The molecule has 3 aliphatic rings. The minimum absolute atomic E-state index is 0.0353. The molecule has 33 heteroatoms. The van der Waals surface area contributed by atoms with Crippen molar-refractivity contribution in [1.29, 1.82) is 0 Å². The third-order valence-electron chi connectivity index (χ3n) is 12.0. The smallest absolute Gasteiger partial charge is 0.351 e. The van der Waals surface area contributed by atoms with E-state index < -0.39 is 140 Å². The molecule has 27 nitrogen and oxygen atoms in total. The Labute approximate surface area is 456 Å². The highest BCUT2D eigenvalue weighted by Gasteiger charge is 2.60. The number of thioether (sulfide) groups is 2. The Morgan fingerprint density at radius 2 is 1.13 bits per heavy atom. The molecule has 2 aliphatic heterocycles. The Morgan fingerprint density at radius 3 is 1.49 bits per heavy atom. The van der Waals surface area contributed by atoms with Gasteiger partial charge in [0.1, 0.15) is 29.9 Å². The van der Waals surface area contributed by atoms with E-state index in [-0.39, 0.29) is 66.1 Å². The lowest BCUT2D eigenvalue weighted by Gasteiger charge is -2.37. The number of carbonyl (C=O) groups excluding carboxylic acids is 7. The summed E-state index contributed by atoms with van der Waals surface area (Å²) < 4.78 is 78.5. The maximum Gasteiger partial charge on any atom is 0.351 e. The van der Waals surface area contributed by atoms with Crippen molar-refractivity contribution in [1.82, 2.24) is 40.4 Å². The summed E-state index contributed by atoms with van der Waals surface area (Å²) in [7, 11) is 0. The zero-order valence-corrected chi connectivity index (χ0v) is 44.8. The van der Waals surface area contributed by atoms with Gasteiger partial charge in [-0.3, -0.25) is 42.7 Å². The van der Waals surface area contributed by atoms with Crippen LogP contribution in [0.1, 0.15) is 78.7 Å². The van der Waals surface area contributed by atoms with Crippen LogP contribution < -0.4 is 43.3 Å². The van der Waals surface area contributed by atoms with Crippen molar-refractivity contribution in [3.8, 4) is 0 Å². The normalized spacial score (nSPS) is 23.8. The van der Waals surface area contributed by atoms with Crippen LogP contribution >= 0.6 is 23.5 Å². The first-order valence-corrected chi connectivity index (χ1v) is 26.9. The Hall–Kier alpha value is -5.81. The summed E-state index contributed by atoms with van der Waals surface area (Å²) >= 11 is 2.98. The van der Waals surface area contributed by atoms with Gasteiger partial charge in [-0.1, -0.05) is 6.92 Å². The number of nitrogens with zero attached hydrogens (tertiary/aromatic N) is 4. The molecule has 10 atom stereocenters. The summed E-state index contributed by atoms with van der Waals surface area (Å²) in [6.07, 6.45) is -9.47. The van der Waals surface area contributed by atoms with Crippen LogP contribution in [-0.2, 0) is 52.5 Å². The quantitative estimate of drug-likeness (QED) is 0.0335. The van der Waals surface area contributed by atoms with Gasteiger partial charge in [0.2, 0.25) is 30.2 Å². The van der Waals surface area contributed by atoms with Crippen LogP contribution in [0.2, 0.25) is 0 Å². The van der Waals surface area contributed by atoms with E-state index in [1.807, 2.05) is 20.8 Å². The van der Waals surface area contributed by atoms with Crippen molar-refractivity contribution < 1.29 is 90.5 Å². The Kier molecular flexibility index (Phi) is 23.1. The molecule has 10 N–H and O–H groups in total. The largest absolute Gasteiger partial charge is 0.456 e.